The minimum Gasteiger partial charge on any atom is -0.349 e. The number of pyridine rings is 1. The minimum atomic E-state index is -0.0757. The maximum absolute atomic E-state index is 12.3. The Labute approximate surface area is 135 Å². The van der Waals surface area contributed by atoms with Crippen molar-refractivity contribution in [1.29, 1.82) is 0 Å². The molecule has 1 atom stereocenters. The zero-order valence-corrected chi connectivity index (χ0v) is 13.9. The van der Waals surface area contributed by atoms with Crippen LogP contribution in [0.4, 0.5) is 0 Å². The smallest absolute Gasteiger partial charge is 0.226 e. The number of carbonyl (C=O) groups is 1. The third-order valence-electron chi connectivity index (χ3n) is 4.13. The van der Waals surface area contributed by atoms with Crippen LogP contribution in [0.3, 0.4) is 0 Å². The predicted molar refractivity (Wildman–Crippen MR) is 88.1 cm³/mol. The summed E-state index contributed by atoms with van der Waals surface area (Å²) in [5.41, 5.74) is 4.72. The van der Waals surface area contributed by atoms with E-state index < -0.39 is 0 Å². The largest absolute Gasteiger partial charge is 0.349 e. The molecule has 0 saturated carbocycles. The van der Waals surface area contributed by atoms with Crippen LogP contribution in [0.2, 0.25) is 0 Å². The number of aryl methyl sites for hydroxylation is 2. The molecule has 0 aliphatic heterocycles. The maximum Gasteiger partial charge on any atom is 0.226 e. The average Bonchev–Trinajstić information content (AvgIpc) is 2.99. The van der Waals surface area contributed by atoms with Crippen LogP contribution in [0.15, 0.2) is 30.6 Å². The summed E-state index contributed by atoms with van der Waals surface area (Å²) >= 11 is 0. The van der Waals surface area contributed by atoms with Gasteiger partial charge in [0.05, 0.1) is 23.9 Å². The van der Waals surface area contributed by atoms with Gasteiger partial charge in [-0.25, -0.2) is 4.98 Å². The van der Waals surface area contributed by atoms with Crippen LogP contribution in [0.5, 0.6) is 0 Å². The Hall–Kier alpha value is -2.63. The van der Waals surface area contributed by atoms with E-state index in [1.54, 1.807) is 0 Å². The molecule has 6 nitrogen and oxygen atoms in total. The number of nitrogens with one attached hydrogen (secondary N) is 1. The Morgan fingerprint density at radius 3 is 2.78 bits per heavy atom. The van der Waals surface area contributed by atoms with Crippen LogP contribution >= 0.6 is 0 Å². The van der Waals surface area contributed by atoms with Gasteiger partial charge >= 0.3 is 0 Å². The third kappa shape index (κ3) is 2.97. The zero-order chi connectivity index (χ0) is 16.6. The zero-order valence-electron chi connectivity index (χ0n) is 13.9. The summed E-state index contributed by atoms with van der Waals surface area (Å²) in [5.74, 6) is -0.0384. The Morgan fingerprint density at radius 2 is 2.13 bits per heavy atom. The van der Waals surface area contributed by atoms with Gasteiger partial charge in [-0.3, -0.25) is 9.48 Å². The summed E-state index contributed by atoms with van der Waals surface area (Å²) in [4.78, 5) is 16.8. The fourth-order valence-electron chi connectivity index (χ4n) is 3.02. The summed E-state index contributed by atoms with van der Waals surface area (Å²) in [6.45, 7) is 5.96. The molecular weight excluding hydrogens is 290 g/mol. The molecule has 23 heavy (non-hydrogen) atoms. The van der Waals surface area contributed by atoms with Gasteiger partial charge in [-0.1, -0.05) is 6.07 Å². The summed E-state index contributed by atoms with van der Waals surface area (Å²) in [6, 6.07) is 5.72. The summed E-state index contributed by atoms with van der Waals surface area (Å²) in [7, 11) is 1.91. The van der Waals surface area contributed by atoms with Crippen molar-refractivity contribution in [3.05, 3.63) is 53.2 Å². The summed E-state index contributed by atoms with van der Waals surface area (Å²) < 4.78 is 3.76. The van der Waals surface area contributed by atoms with Gasteiger partial charge in [0, 0.05) is 30.7 Å². The second kappa shape index (κ2) is 5.87. The van der Waals surface area contributed by atoms with E-state index in [2.05, 4.69) is 15.4 Å². The van der Waals surface area contributed by atoms with Gasteiger partial charge in [0.25, 0.3) is 0 Å². The first-order valence-corrected chi connectivity index (χ1v) is 7.67. The lowest BCUT2D eigenvalue weighted by atomic mass is 10.1. The Kier molecular flexibility index (Phi) is 3.90. The second-order valence-electron chi connectivity index (χ2n) is 5.87. The molecule has 0 aliphatic rings. The Bertz CT molecular complexity index is 828. The van der Waals surface area contributed by atoms with Gasteiger partial charge in [0.1, 0.15) is 5.65 Å². The van der Waals surface area contributed by atoms with Crippen molar-refractivity contribution in [2.24, 2.45) is 7.05 Å². The summed E-state index contributed by atoms with van der Waals surface area (Å²) in [5, 5.41) is 7.44. The highest BCUT2D eigenvalue weighted by molar-refractivity contribution is 5.78. The molecule has 0 bridgehead atoms. The minimum absolute atomic E-state index is 0.0384. The fourth-order valence-corrected chi connectivity index (χ4v) is 3.02. The maximum atomic E-state index is 12.3. The van der Waals surface area contributed by atoms with E-state index >= 15 is 0 Å². The lowest BCUT2D eigenvalue weighted by molar-refractivity contribution is -0.121. The SMILES string of the molecule is Cc1nn(C)c(C)c1[C@@H](C)NC(=O)Cc1cn2ccccc2n1. The molecule has 0 fully saturated rings. The molecule has 0 aromatic carbocycles. The molecule has 0 spiro atoms. The molecular formula is C17H21N5O. The normalized spacial score (nSPS) is 12.5. The molecule has 3 heterocycles. The van der Waals surface area contributed by atoms with Crippen molar-refractivity contribution in [2.75, 3.05) is 0 Å². The monoisotopic (exact) mass is 311 g/mol. The van der Waals surface area contributed by atoms with Crippen LogP contribution in [0.25, 0.3) is 5.65 Å². The molecule has 3 aromatic heterocycles. The van der Waals surface area contributed by atoms with E-state index in [4.69, 9.17) is 0 Å². The van der Waals surface area contributed by atoms with Crippen LogP contribution < -0.4 is 5.32 Å². The van der Waals surface area contributed by atoms with Crippen LogP contribution in [0, 0.1) is 13.8 Å². The predicted octanol–water partition coefficient (Wildman–Crippen LogP) is 2.10. The Balaban J connectivity index is 1.71. The van der Waals surface area contributed by atoms with E-state index in [9.17, 15) is 4.79 Å². The number of imidazole rings is 1. The van der Waals surface area contributed by atoms with Gasteiger partial charge in [0.2, 0.25) is 5.91 Å². The number of fused-ring (bicyclic) bond motifs is 1. The van der Waals surface area contributed by atoms with Crippen LogP contribution in [-0.4, -0.2) is 25.1 Å². The number of nitrogens with zero attached hydrogens (tertiary/aromatic N) is 4. The van der Waals surface area contributed by atoms with E-state index in [1.165, 1.54) is 0 Å². The molecule has 3 aromatic rings. The molecule has 1 N–H and O–H groups in total. The lowest BCUT2D eigenvalue weighted by Crippen LogP contribution is -2.28. The molecule has 0 saturated heterocycles. The van der Waals surface area contributed by atoms with E-state index in [1.807, 2.05) is 67.5 Å². The van der Waals surface area contributed by atoms with Gasteiger partial charge in [-0.2, -0.15) is 5.10 Å². The Morgan fingerprint density at radius 1 is 1.35 bits per heavy atom. The molecule has 3 rings (SSSR count). The highest BCUT2D eigenvalue weighted by atomic mass is 16.1. The van der Waals surface area contributed by atoms with E-state index in [0.29, 0.717) is 0 Å². The number of aromatic nitrogens is 4. The van der Waals surface area contributed by atoms with Crippen molar-refractivity contribution in [2.45, 2.75) is 33.2 Å². The highest BCUT2D eigenvalue weighted by Gasteiger charge is 2.18. The van der Waals surface area contributed by atoms with E-state index in [-0.39, 0.29) is 18.4 Å². The van der Waals surface area contributed by atoms with Crippen molar-refractivity contribution < 1.29 is 4.79 Å². The van der Waals surface area contributed by atoms with Crippen molar-refractivity contribution >= 4 is 11.6 Å². The standard InChI is InChI=1S/C17H21N5O/c1-11(17-12(2)20-21(4)13(17)3)18-16(23)9-14-10-22-8-6-5-7-15(22)19-14/h5-8,10-11H,9H2,1-4H3,(H,18,23)/t11-/m1/s1. The summed E-state index contributed by atoms with van der Waals surface area (Å²) in [6.07, 6.45) is 4.08. The number of hydrogen-bond donors (Lipinski definition) is 1. The van der Waals surface area contributed by atoms with Gasteiger partial charge in [-0.05, 0) is 32.9 Å². The van der Waals surface area contributed by atoms with Crippen molar-refractivity contribution in [3.63, 3.8) is 0 Å². The number of carbonyl (C=O) groups excluding carboxylic acids is 1. The molecule has 1 amide bonds. The quantitative estimate of drug-likeness (QED) is 0.802. The average molecular weight is 311 g/mol. The number of hydrogen-bond acceptors (Lipinski definition) is 3. The van der Waals surface area contributed by atoms with E-state index in [0.717, 1.165) is 28.3 Å². The first kappa shape index (κ1) is 15.3. The van der Waals surface area contributed by atoms with Gasteiger partial charge < -0.3 is 9.72 Å². The second-order valence-corrected chi connectivity index (χ2v) is 5.87. The molecule has 120 valence electrons. The van der Waals surface area contributed by atoms with Gasteiger partial charge in [0.15, 0.2) is 0 Å². The fraction of sp³-hybridized carbons (Fsp3) is 0.353. The van der Waals surface area contributed by atoms with Crippen molar-refractivity contribution in [3.8, 4) is 0 Å². The van der Waals surface area contributed by atoms with Gasteiger partial charge in [-0.15, -0.1) is 0 Å². The molecule has 0 unspecified atom stereocenters. The lowest BCUT2D eigenvalue weighted by Gasteiger charge is -2.14. The highest BCUT2D eigenvalue weighted by Crippen LogP contribution is 2.20. The van der Waals surface area contributed by atoms with Crippen molar-refractivity contribution in [1.82, 2.24) is 24.5 Å². The first-order chi connectivity index (χ1) is 11.0. The van der Waals surface area contributed by atoms with Crippen LogP contribution in [0.1, 0.15) is 35.6 Å². The number of amides is 1. The van der Waals surface area contributed by atoms with Crippen LogP contribution in [-0.2, 0) is 18.3 Å². The molecule has 0 radical (unpaired) electrons. The topological polar surface area (TPSA) is 64.2 Å². The molecule has 6 heteroatoms. The first-order valence-electron chi connectivity index (χ1n) is 7.67. The third-order valence-corrected chi connectivity index (χ3v) is 4.13. The number of rotatable bonds is 4. The molecule has 0 aliphatic carbocycles.